The van der Waals surface area contributed by atoms with E-state index in [9.17, 15) is 4.79 Å². The van der Waals surface area contributed by atoms with E-state index in [4.69, 9.17) is 10.5 Å². The molecule has 1 heterocycles. The van der Waals surface area contributed by atoms with Gasteiger partial charge >= 0.3 is 0 Å². The van der Waals surface area contributed by atoms with E-state index in [-0.39, 0.29) is 12.5 Å². The summed E-state index contributed by atoms with van der Waals surface area (Å²) < 4.78 is 5.10. The molecule has 3 N–H and O–H groups in total. The Balaban J connectivity index is 2.10. The first kappa shape index (κ1) is 14.4. The second-order valence-corrected chi connectivity index (χ2v) is 4.52. The van der Waals surface area contributed by atoms with Crippen LogP contribution in [0.5, 0.6) is 0 Å². The highest BCUT2D eigenvalue weighted by molar-refractivity contribution is 5.77. The molecule has 0 spiro atoms. The number of amides is 1. The van der Waals surface area contributed by atoms with E-state index in [1.54, 1.807) is 0 Å². The standard InChI is InChI=1S/C12H25N3O2/c1-2-6-15-7-3-11(4-8-15)14-12(16)10-17-9-5-13/h11H,2-10,13H2,1H3,(H,14,16). The molecule has 0 saturated carbocycles. The highest BCUT2D eigenvalue weighted by Crippen LogP contribution is 2.10. The number of nitrogens with zero attached hydrogens (tertiary/aromatic N) is 1. The predicted octanol–water partition coefficient (Wildman–Crippen LogP) is -0.0477. The van der Waals surface area contributed by atoms with Crippen LogP contribution in [-0.2, 0) is 9.53 Å². The van der Waals surface area contributed by atoms with Gasteiger partial charge < -0.3 is 20.7 Å². The number of likely N-dealkylation sites (tertiary alicyclic amines) is 1. The Morgan fingerprint density at radius 3 is 2.76 bits per heavy atom. The summed E-state index contributed by atoms with van der Waals surface area (Å²) in [4.78, 5) is 14.0. The van der Waals surface area contributed by atoms with Gasteiger partial charge in [0.05, 0.1) is 6.61 Å². The molecule has 1 saturated heterocycles. The van der Waals surface area contributed by atoms with Crippen molar-refractivity contribution >= 4 is 5.91 Å². The average Bonchev–Trinajstić information content (AvgIpc) is 2.32. The van der Waals surface area contributed by atoms with Crippen molar-refractivity contribution in [2.75, 3.05) is 39.4 Å². The number of hydrogen-bond donors (Lipinski definition) is 2. The summed E-state index contributed by atoms with van der Waals surface area (Å²) >= 11 is 0. The van der Waals surface area contributed by atoms with Crippen LogP contribution in [0.4, 0.5) is 0 Å². The van der Waals surface area contributed by atoms with Gasteiger partial charge in [0, 0.05) is 25.7 Å². The molecule has 1 amide bonds. The Bertz CT molecular complexity index is 216. The number of carbonyl (C=O) groups excluding carboxylic acids is 1. The molecule has 0 bridgehead atoms. The van der Waals surface area contributed by atoms with Crippen molar-refractivity contribution in [2.24, 2.45) is 5.73 Å². The lowest BCUT2D eigenvalue weighted by atomic mass is 10.0. The van der Waals surface area contributed by atoms with E-state index >= 15 is 0 Å². The Morgan fingerprint density at radius 2 is 2.18 bits per heavy atom. The van der Waals surface area contributed by atoms with Gasteiger partial charge in [0.15, 0.2) is 0 Å². The monoisotopic (exact) mass is 243 g/mol. The third-order valence-corrected chi connectivity index (χ3v) is 2.99. The smallest absolute Gasteiger partial charge is 0.246 e. The van der Waals surface area contributed by atoms with Gasteiger partial charge in [-0.25, -0.2) is 0 Å². The Hall–Kier alpha value is -0.650. The maximum absolute atomic E-state index is 11.5. The van der Waals surface area contributed by atoms with Crippen molar-refractivity contribution in [1.29, 1.82) is 0 Å². The van der Waals surface area contributed by atoms with Crippen LogP contribution in [-0.4, -0.2) is 56.2 Å². The summed E-state index contributed by atoms with van der Waals surface area (Å²) in [6.45, 7) is 6.57. The number of nitrogens with one attached hydrogen (secondary N) is 1. The van der Waals surface area contributed by atoms with E-state index in [2.05, 4.69) is 17.1 Å². The van der Waals surface area contributed by atoms with Gasteiger partial charge in [-0.1, -0.05) is 6.92 Å². The van der Waals surface area contributed by atoms with Gasteiger partial charge in [-0.2, -0.15) is 0 Å². The van der Waals surface area contributed by atoms with Crippen molar-refractivity contribution < 1.29 is 9.53 Å². The highest BCUT2D eigenvalue weighted by atomic mass is 16.5. The molecule has 5 heteroatoms. The maximum Gasteiger partial charge on any atom is 0.246 e. The fraction of sp³-hybridized carbons (Fsp3) is 0.917. The molecule has 0 aromatic carbocycles. The lowest BCUT2D eigenvalue weighted by Gasteiger charge is -2.32. The number of nitrogens with two attached hydrogens (primary N) is 1. The van der Waals surface area contributed by atoms with E-state index in [0.29, 0.717) is 19.2 Å². The zero-order valence-electron chi connectivity index (χ0n) is 10.8. The molecule has 1 fully saturated rings. The van der Waals surface area contributed by atoms with E-state index in [0.717, 1.165) is 25.9 Å². The van der Waals surface area contributed by atoms with Gasteiger partial charge in [0.1, 0.15) is 6.61 Å². The minimum Gasteiger partial charge on any atom is -0.370 e. The van der Waals surface area contributed by atoms with Gasteiger partial charge in [0.25, 0.3) is 0 Å². The SMILES string of the molecule is CCCN1CCC(NC(=O)COCCN)CC1. The third-order valence-electron chi connectivity index (χ3n) is 2.99. The van der Waals surface area contributed by atoms with Crippen LogP contribution in [0.15, 0.2) is 0 Å². The van der Waals surface area contributed by atoms with Crippen molar-refractivity contribution in [3.63, 3.8) is 0 Å². The van der Waals surface area contributed by atoms with E-state index < -0.39 is 0 Å². The Labute approximate surface area is 104 Å². The van der Waals surface area contributed by atoms with Crippen LogP contribution in [0, 0.1) is 0 Å². The van der Waals surface area contributed by atoms with Gasteiger partial charge in [-0.05, 0) is 25.8 Å². The molecule has 0 aliphatic carbocycles. The van der Waals surface area contributed by atoms with Crippen molar-refractivity contribution in [3.05, 3.63) is 0 Å². The first-order chi connectivity index (χ1) is 8.26. The molecule has 100 valence electrons. The molecule has 0 aromatic heterocycles. The number of rotatable bonds is 7. The number of carbonyl (C=O) groups is 1. The zero-order valence-corrected chi connectivity index (χ0v) is 10.8. The lowest BCUT2D eigenvalue weighted by molar-refractivity contribution is -0.126. The normalized spacial score (nSPS) is 18.2. The molecule has 0 aromatic rings. The third kappa shape index (κ3) is 6.00. The molecule has 0 radical (unpaired) electrons. The van der Waals surface area contributed by atoms with Crippen LogP contribution in [0.2, 0.25) is 0 Å². The molecule has 5 nitrogen and oxygen atoms in total. The average molecular weight is 243 g/mol. The fourth-order valence-corrected chi connectivity index (χ4v) is 2.13. The molecule has 1 rings (SSSR count). The Kier molecular flexibility index (Phi) is 7.16. The largest absolute Gasteiger partial charge is 0.370 e. The minimum absolute atomic E-state index is 0.0209. The summed E-state index contributed by atoms with van der Waals surface area (Å²) in [6, 6.07) is 0.317. The first-order valence-corrected chi connectivity index (χ1v) is 6.55. The summed E-state index contributed by atoms with van der Waals surface area (Å²) in [7, 11) is 0. The topological polar surface area (TPSA) is 67.6 Å². The summed E-state index contributed by atoms with van der Waals surface area (Å²) in [6.07, 6.45) is 3.29. The van der Waals surface area contributed by atoms with Crippen LogP contribution >= 0.6 is 0 Å². The van der Waals surface area contributed by atoms with E-state index in [1.165, 1.54) is 13.0 Å². The van der Waals surface area contributed by atoms with Crippen LogP contribution in [0.1, 0.15) is 26.2 Å². The van der Waals surface area contributed by atoms with Crippen LogP contribution in [0.25, 0.3) is 0 Å². The Morgan fingerprint density at radius 1 is 1.47 bits per heavy atom. The van der Waals surface area contributed by atoms with Crippen molar-refractivity contribution in [3.8, 4) is 0 Å². The zero-order chi connectivity index (χ0) is 12.5. The van der Waals surface area contributed by atoms with Crippen molar-refractivity contribution in [1.82, 2.24) is 10.2 Å². The van der Waals surface area contributed by atoms with Gasteiger partial charge in [-0.15, -0.1) is 0 Å². The molecule has 0 unspecified atom stereocenters. The maximum atomic E-state index is 11.5. The first-order valence-electron chi connectivity index (χ1n) is 6.55. The number of ether oxygens (including phenoxy) is 1. The molecular formula is C12H25N3O2. The summed E-state index contributed by atoms with van der Waals surface area (Å²) in [5, 5.41) is 3.01. The van der Waals surface area contributed by atoms with Crippen LogP contribution < -0.4 is 11.1 Å². The summed E-state index contributed by atoms with van der Waals surface area (Å²) in [5.41, 5.74) is 5.28. The highest BCUT2D eigenvalue weighted by Gasteiger charge is 2.19. The van der Waals surface area contributed by atoms with Crippen molar-refractivity contribution in [2.45, 2.75) is 32.2 Å². The van der Waals surface area contributed by atoms with Gasteiger partial charge in [-0.3, -0.25) is 4.79 Å². The molecule has 17 heavy (non-hydrogen) atoms. The lowest BCUT2D eigenvalue weighted by Crippen LogP contribution is -2.45. The second-order valence-electron chi connectivity index (χ2n) is 4.52. The molecule has 1 aliphatic heterocycles. The van der Waals surface area contributed by atoms with Gasteiger partial charge in [0.2, 0.25) is 5.91 Å². The second kappa shape index (κ2) is 8.44. The quantitative estimate of drug-likeness (QED) is 0.615. The molecule has 1 aliphatic rings. The summed E-state index contributed by atoms with van der Waals surface area (Å²) in [5.74, 6) is -0.0209. The van der Waals surface area contributed by atoms with E-state index in [1.807, 2.05) is 0 Å². The van der Waals surface area contributed by atoms with Crippen LogP contribution in [0.3, 0.4) is 0 Å². The molecule has 0 atom stereocenters. The fourth-order valence-electron chi connectivity index (χ4n) is 2.13. The number of piperidine rings is 1. The number of hydrogen-bond acceptors (Lipinski definition) is 4. The molecular weight excluding hydrogens is 218 g/mol. The minimum atomic E-state index is -0.0209. The predicted molar refractivity (Wildman–Crippen MR) is 67.8 cm³/mol.